The highest BCUT2D eigenvalue weighted by molar-refractivity contribution is 5.94. The molecule has 0 saturated heterocycles. The number of ether oxygens (including phenoxy) is 1. The molecule has 1 aromatic carbocycles. The maximum Gasteiger partial charge on any atom is 0.332 e. The van der Waals surface area contributed by atoms with Crippen LogP contribution in [0.4, 0.5) is 0 Å². The van der Waals surface area contributed by atoms with Crippen LogP contribution < -0.4 is 5.73 Å². The van der Waals surface area contributed by atoms with Gasteiger partial charge in [-0.15, -0.1) is 0 Å². The quantitative estimate of drug-likeness (QED) is 0.510. The molecule has 1 rings (SSSR count). The largest absolute Gasteiger partial charge is 0.479 e. The lowest BCUT2D eigenvalue weighted by molar-refractivity contribution is -0.149. The van der Waals surface area contributed by atoms with Gasteiger partial charge in [0.2, 0.25) is 0 Å². The summed E-state index contributed by atoms with van der Waals surface area (Å²) in [5.74, 6) is -0.980. The number of benzene rings is 1. The molecule has 0 spiro atoms. The fraction of sp³-hybridized carbons (Fsp3) is 0.273. The van der Waals surface area contributed by atoms with E-state index in [2.05, 4.69) is 0 Å². The van der Waals surface area contributed by atoms with Crippen molar-refractivity contribution in [2.24, 2.45) is 5.73 Å². The average molecular weight is 222 g/mol. The first-order chi connectivity index (χ1) is 7.50. The molecular weight excluding hydrogens is 208 g/mol. The molecular formula is C11H14N2O3. The van der Waals surface area contributed by atoms with Crippen molar-refractivity contribution < 1.29 is 14.6 Å². The molecule has 5 nitrogen and oxygen atoms in total. The van der Waals surface area contributed by atoms with Crippen molar-refractivity contribution in [2.75, 3.05) is 0 Å². The molecule has 0 saturated carbocycles. The molecule has 1 aromatic rings. The number of rotatable bonds is 5. The van der Waals surface area contributed by atoms with Gasteiger partial charge in [0.15, 0.2) is 6.10 Å². The molecule has 1 atom stereocenters. The van der Waals surface area contributed by atoms with Crippen LogP contribution in [0.5, 0.6) is 0 Å². The summed E-state index contributed by atoms with van der Waals surface area (Å²) in [6.45, 7) is 1.71. The monoisotopic (exact) mass is 222 g/mol. The Labute approximate surface area is 93.4 Å². The van der Waals surface area contributed by atoms with Crippen LogP contribution in [0.15, 0.2) is 24.3 Å². The number of nitrogen functional groups attached to an aromatic ring is 1. The van der Waals surface area contributed by atoms with Crippen molar-refractivity contribution in [1.82, 2.24) is 0 Å². The van der Waals surface area contributed by atoms with Gasteiger partial charge >= 0.3 is 5.97 Å². The summed E-state index contributed by atoms with van der Waals surface area (Å²) in [5, 5.41) is 15.8. The van der Waals surface area contributed by atoms with E-state index < -0.39 is 12.1 Å². The molecule has 86 valence electrons. The fourth-order valence-electron chi connectivity index (χ4n) is 1.07. The molecule has 0 radical (unpaired) electrons. The smallest absolute Gasteiger partial charge is 0.332 e. The number of nitrogens with two attached hydrogens (primary N) is 1. The summed E-state index contributed by atoms with van der Waals surface area (Å²) in [7, 11) is 0. The zero-order chi connectivity index (χ0) is 12.1. The maximum atomic E-state index is 10.5. The van der Waals surface area contributed by atoms with Crippen molar-refractivity contribution in [3.63, 3.8) is 0 Å². The first-order valence-electron chi connectivity index (χ1n) is 4.78. The molecule has 0 fully saturated rings. The molecule has 0 bridgehead atoms. The van der Waals surface area contributed by atoms with Gasteiger partial charge in [0.05, 0.1) is 6.61 Å². The predicted molar refractivity (Wildman–Crippen MR) is 59.3 cm³/mol. The van der Waals surface area contributed by atoms with Crippen molar-refractivity contribution in [3.05, 3.63) is 35.4 Å². The van der Waals surface area contributed by atoms with E-state index >= 15 is 0 Å². The van der Waals surface area contributed by atoms with Crippen LogP contribution in [0, 0.1) is 5.41 Å². The third kappa shape index (κ3) is 3.36. The molecule has 0 heterocycles. The highest BCUT2D eigenvalue weighted by Crippen LogP contribution is 2.06. The minimum atomic E-state index is -0.986. The molecule has 16 heavy (non-hydrogen) atoms. The van der Waals surface area contributed by atoms with E-state index in [0.29, 0.717) is 5.56 Å². The Kier molecular flexibility index (Phi) is 4.02. The summed E-state index contributed by atoms with van der Waals surface area (Å²) >= 11 is 0. The standard InChI is InChI=1S/C11H14N2O3/c1-7(11(14)15)16-6-8-2-4-9(5-3-8)10(12)13/h2-5,7H,6H2,1H3,(H3,12,13)(H,14,15). The summed E-state index contributed by atoms with van der Waals surface area (Å²) < 4.78 is 5.11. The molecule has 0 aliphatic carbocycles. The van der Waals surface area contributed by atoms with Crippen LogP contribution in [0.2, 0.25) is 0 Å². The van der Waals surface area contributed by atoms with Crippen LogP contribution in [0.25, 0.3) is 0 Å². The van der Waals surface area contributed by atoms with Gasteiger partial charge in [0, 0.05) is 5.56 Å². The maximum absolute atomic E-state index is 10.5. The third-order valence-corrected chi connectivity index (χ3v) is 2.11. The molecule has 0 amide bonds. The van der Waals surface area contributed by atoms with E-state index in [1.165, 1.54) is 6.92 Å². The second-order valence-corrected chi connectivity index (χ2v) is 3.40. The van der Waals surface area contributed by atoms with Crippen molar-refractivity contribution in [2.45, 2.75) is 19.6 Å². The van der Waals surface area contributed by atoms with Gasteiger partial charge in [-0.1, -0.05) is 24.3 Å². The Morgan fingerprint density at radius 3 is 2.50 bits per heavy atom. The Morgan fingerprint density at radius 1 is 1.50 bits per heavy atom. The minimum Gasteiger partial charge on any atom is -0.479 e. The van der Waals surface area contributed by atoms with Gasteiger partial charge in [-0.3, -0.25) is 5.41 Å². The number of aliphatic carboxylic acids is 1. The summed E-state index contributed by atoms with van der Waals surface area (Å²) in [6, 6.07) is 6.91. The molecule has 0 aliphatic heterocycles. The van der Waals surface area contributed by atoms with Crippen LogP contribution in [0.3, 0.4) is 0 Å². The van der Waals surface area contributed by atoms with Gasteiger partial charge in [-0.05, 0) is 12.5 Å². The second kappa shape index (κ2) is 5.27. The van der Waals surface area contributed by atoms with E-state index in [4.69, 9.17) is 21.0 Å². The number of carboxylic acids is 1. The third-order valence-electron chi connectivity index (χ3n) is 2.11. The van der Waals surface area contributed by atoms with Crippen molar-refractivity contribution >= 4 is 11.8 Å². The van der Waals surface area contributed by atoms with Gasteiger partial charge in [0.25, 0.3) is 0 Å². The molecule has 4 N–H and O–H groups in total. The zero-order valence-electron chi connectivity index (χ0n) is 8.93. The van der Waals surface area contributed by atoms with Gasteiger partial charge in [0.1, 0.15) is 5.84 Å². The Bertz CT molecular complexity index is 387. The number of carbonyl (C=O) groups is 1. The lowest BCUT2D eigenvalue weighted by atomic mass is 10.1. The lowest BCUT2D eigenvalue weighted by Crippen LogP contribution is -2.19. The van der Waals surface area contributed by atoms with Crippen molar-refractivity contribution in [1.29, 1.82) is 5.41 Å². The van der Waals surface area contributed by atoms with E-state index in [-0.39, 0.29) is 12.4 Å². The topological polar surface area (TPSA) is 96.4 Å². The van der Waals surface area contributed by atoms with Crippen molar-refractivity contribution in [3.8, 4) is 0 Å². The SMILES string of the molecule is CC(OCc1ccc(C(=N)N)cc1)C(=O)O. The predicted octanol–water partition coefficient (Wildman–Crippen LogP) is 0.960. The average Bonchev–Trinajstić information content (AvgIpc) is 2.26. The summed E-state index contributed by atoms with van der Waals surface area (Å²) in [4.78, 5) is 10.5. The number of hydrogen-bond acceptors (Lipinski definition) is 3. The zero-order valence-corrected chi connectivity index (χ0v) is 8.93. The minimum absolute atomic E-state index is 0.00590. The number of carboxylic acid groups (broad SMARTS) is 1. The fourth-order valence-corrected chi connectivity index (χ4v) is 1.07. The summed E-state index contributed by atoms with van der Waals surface area (Å²) in [6.07, 6.45) is -0.826. The highest BCUT2D eigenvalue weighted by Gasteiger charge is 2.10. The van der Waals surface area contributed by atoms with E-state index in [1.54, 1.807) is 24.3 Å². The van der Waals surface area contributed by atoms with Gasteiger partial charge < -0.3 is 15.6 Å². The molecule has 0 aromatic heterocycles. The Morgan fingerprint density at radius 2 is 2.06 bits per heavy atom. The lowest BCUT2D eigenvalue weighted by Gasteiger charge is -2.08. The van der Waals surface area contributed by atoms with Gasteiger partial charge in [-0.2, -0.15) is 0 Å². The number of nitrogens with one attached hydrogen (secondary N) is 1. The molecule has 0 aliphatic rings. The Balaban J connectivity index is 2.56. The Hall–Kier alpha value is -1.88. The van der Waals surface area contributed by atoms with E-state index in [1.807, 2.05) is 0 Å². The second-order valence-electron chi connectivity index (χ2n) is 3.40. The number of hydrogen-bond donors (Lipinski definition) is 3. The van der Waals surface area contributed by atoms with Crippen LogP contribution in [-0.2, 0) is 16.1 Å². The van der Waals surface area contributed by atoms with E-state index in [9.17, 15) is 4.79 Å². The van der Waals surface area contributed by atoms with Crippen LogP contribution >= 0.6 is 0 Å². The van der Waals surface area contributed by atoms with Gasteiger partial charge in [-0.25, -0.2) is 4.79 Å². The summed E-state index contributed by atoms with van der Waals surface area (Å²) in [5.41, 5.74) is 6.78. The number of amidine groups is 1. The van der Waals surface area contributed by atoms with Crippen LogP contribution in [-0.4, -0.2) is 23.0 Å². The first-order valence-corrected chi connectivity index (χ1v) is 4.78. The highest BCUT2D eigenvalue weighted by atomic mass is 16.5. The molecule has 1 unspecified atom stereocenters. The normalized spacial score (nSPS) is 12.1. The van der Waals surface area contributed by atoms with E-state index in [0.717, 1.165) is 5.56 Å². The molecule has 5 heteroatoms. The first kappa shape index (κ1) is 12.2. The van der Waals surface area contributed by atoms with Crippen LogP contribution in [0.1, 0.15) is 18.1 Å².